The first kappa shape index (κ1) is 28.2. The van der Waals surface area contributed by atoms with Crippen molar-refractivity contribution < 1.29 is 42.9 Å². The van der Waals surface area contributed by atoms with E-state index in [4.69, 9.17) is 41.6 Å². The second kappa shape index (κ2) is 11.6. The topological polar surface area (TPSA) is 193 Å². The van der Waals surface area contributed by atoms with E-state index in [1.807, 2.05) is 12.1 Å². The van der Waals surface area contributed by atoms with Gasteiger partial charge in [0.2, 0.25) is 0 Å². The maximum Gasteiger partial charge on any atom is 0.303 e. The van der Waals surface area contributed by atoms with E-state index in [2.05, 4.69) is 0 Å². The summed E-state index contributed by atoms with van der Waals surface area (Å²) in [6.07, 6.45) is -7.14. The van der Waals surface area contributed by atoms with Crippen LogP contribution in [0.1, 0.15) is 50.6 Å². The summed E-state index contributed by atoms with van der Waals surface area (Å²) >= 11 is 5.44. The molecule has 1 aromatic heterocycles. The number of carbonyl (C=O) groups is 4. The van der Waals surface area contributed by atoms with Gasteiger partial charge in [0.05, 0.1) is 11.1 Å². The number of carbonyl (C=O) groups excluding carboxylic acids is 4. The van der Waals surface area contributed by atoms with E-state index < -0.39 is 61.1 Å². The maximum atomic E-state index is 12.0. The van der Waals surface area contributed by atoms with Gasteiger partial charge in [-0.05, 0) is 12.5 Å². The zero-order chi connectivity index (χ0) is 27.3. The molecular formula is C22H24N4O9S. The third-order valence-corrected chi connectivity index (χ3v) is 5.54. The molecule has 5 atom stereocenters. The minimum absolute atomic E-state index is 0.0661. The van der Waals surface area contributed by atoms with Crippen molar-refractivity contribution in [3.63, 3.8) is 0 Å². The van der Waals surface area contributed by atoms with Gasteiger partial charge in [0.1, 0.15) is 35.3 Å². The Morgan fingerprint density at radius 3 is 1.89 bits per heavy atom. The third kappa shape index (κ3) is 5.97. The van der Waals surface area contributed by atoms with Crippen LogP contribution in [0.25, 0.3) is 0 Å². The number of pyridine rings is 1. The lowest BCUT2D eigenvalue weighted by Crippen LogP contribution is -2.60. The molecule has 2 N–H and O–H groups in total. The number of nitriles is 2. The Balaban J connectivity index is 2.86. The van der Waals surface area contributed by atoms with E-state index in [0.29, 0.717) is 0 Å². The highest BCUT2D eigenvalue weighted by Crippen LogP contribution is 2.37. The number of nitrogens with zero attached hydrogens (tertiary/aromatic N) is 3. The molecule has 0 aromatic carbocycles. The fraction of sp³-hybridized carbons (Fsp3) is 0.500. The highest BCUT2D eigenvalue weighted by molar-refractivity contribution is 7.71. The summed E-state index contributed by atoms with van der Waals surface area (Å²) in [6, 6.07) is 3.81. The standard InChI is InChI=1S/C22H24N4O9S/c1-9-14(6-23)20(25)26(22(36)15(9)7-24)21-19(34-13(5)30)18(33-12(4)29)17(32-11(3)28)16(35-21)8-31-10(2)27/h16-19,21H,8,25H2,1-5H3/t16-,17+,18+,19-,21+/m0/s1. The zero-order valence-electron chi connectivity index (χ0n) is 20.1. The monoisotopic (exact) mass is 520 g/mol. The predicted molar refractivity (Wildman–Crippen MR) is 121 cm³/mol. The Hall–Kier alpha value is -4.01. The molecule has 36 heavy (non-hydrogen) atoms. The van der Waals surface area contributed by atoms with Gasteiger partial charge in [0.15, 0.2) is 24.5 Å². The molecular weight excluding hydrogens is 496 g/mol. The number of anilines is 1. The molecule has 1 fully saturated rings. The van der Waals surface area contributed by atoms with Crippen molar-refractivity contribution in [2.24, 2.45) is 0 Å². The summed E-state index contributed by atoms with van der Waals surface area (Å²) in [5, 5.41) is 19.3. The quantitative estimate of drug-likeness (QED) is 0.319. The number of nitrogen functional groups attached to an aromatic ring is 1. The Kier molecular flexibility index (Phi) is 9.11. The largest absolute Gasteiger partial charge is 0.463 e. The second-order valence-electron chi connectivity index (χ2n) is 7.75. The van der Waals surface area contributed by atoms with Gasteiger partial charge in [-0.2, -0.15) is 10.5 Å². The molecule has 0 saturated carbocycles. The van der Waals surface area contributed by atoms with E-state index in [9.17, 15) is 29.7 Å². The molecule has 1 aliphatic heterocycles. The highest BCUT2D eigenvalue weighted by atomic mass is 32.1. The number of nitrogens with two attached hydrogens (primary N) is 1. The molecule has 0 radical (unpaired) electrons. The van der Waals surface area contributed by atoms with Gasteiger partial charge in [-0.25, -0.2) is 0 Å². The van der Waals surface area contributed by atoms with Crippen molar-refractivity contribution in [1.29, 1.82) is 10.5 Å². The van der Waals surface area contributed by atoms with Crippen LogP contribution < -0.4 is 5.73 Å². The molecule has 0 spiro atoms. The van der Waals surface area contributed by atoms with Crippen LogP contribution in [0.15, 0.2) is 0 Å². The molecule has 192 valence electrons. The molecule has 0 amide bonds. The van der Waals surface area contributed by atoms with Crippen LogP contribution in [0, 0.1) is 34.2 Å². The van der Waals surface area contributed by atoms with Crippen LogP contribution in [0.5, 0.6) is 0 Å². The van der Waals surface area contributed by atoms with Crippen molar-refractivity contribution in [2.75, 3.05) is 12.3 Å². The minimum atomic E-state index is -1.51. The molecule has 1 aliphatic rings. The van der Waals surface area contributed by atoms with Crippen LogP contribution in [0.2, 0.25) is 0 Å². The Labute approximate surface area is 211 Å². The van der Waals surface area contributed by atoms with E-state index in [1.54, 1.807) is 0 Å². The summed E-state index contributed by atoms with van der Waals surface area (Å²) < 4.78 is 28.1. The minimum Gasteiger partial charge on any atom is -0.463 e. The average Bonchev–Trinajstić information content (AvgIpc) is 2.75. The molecule has 14 heteroatoms. The summed E-state index contributed by atoms with van der Waals surface area (Å²) in [4.78, 5) is 47.4. The van der Waals surface area contributed by atoms with E-state index in [0.717, 1.165) is 32.3 Å². The zero-order valence-corrected chi connectivity index (χ0v) is 20.9. The average molecular weight is 521 g/mol. The van der Waals surface area contributed by atoms with Gasteiger partial charge in [-0.3, -0.25) is 23.7 Å². The molecule has 0 unspecified atom stereocenters. The third-order valence-electron chi connectivity index (χ3n) is 5.14. The van der Waals surface area contributed by atoms with Crippen molar-refractivity contribution in [3.05, 3.63) is 21.3 Å². The lowest BCUT2D eigenvalue weighted by atomic mass is 9.96. The van der Waals surface area contributed by atoms with Crippen LogP contribution in [0.3, 0.4) is 0 Å². The lowest BCUT2D eigenvalue weighted by molar-refractivity contribution is -0.268. The van der Waals surface area contributed by atoms with Crippen molar-refractivity contribution >= 4 is 41.9 Å². The first-order valence-electron chi connectivity index (χ1n) is 10.5. The summed E-state index contributed by atoms with van der Waals surface area (Å²) in [5.74, 6) is -3.35. The number of rotatable bonds is 6. The van der Waals surface area contributed by atoms with Crippen molar-refractivity contribution in [2.45, 2.75) is 65.3 Å². The lowest BCUT2D eigenvalue weighted by Gasteiger charge is -2.45. The summed E-state index contributed by atoms with van der Waals surface area (Å²) in [7, 11) is 0. The molecule has 13 nitrogen and oxygen atoms in total. The first-order chi connectivity index (χ1) is 16.8. The first-order valence-corrected chi connectivity index (χ1v) is 10.9. The SMILES string of the molecule is CC(=O)OC[C@@H]1O[C@@H](n2c(N)c(C#N)c(C)c(C#N)c2=S)[C@@H](OC(C)=O)[C@H](OC(C)=O)[C@@H]1OC(C)=O. The number of hydrogen-bond donors (Lipinski definition) is 1. The Morgan fingerprint density at radius 2 is 1.42 bits per heavy atom. The fourth-order valence-electron chi connectivity index (χ4n) is 3.77. The van der Waals surface area contributed by atoms with Gasteiger partial charge in [-0.1, -0.05) is 12.2 Å². The number of hydrogen-bond acceptors (Lipinski definition) is 13. The highest BCUT2D eigenvalue weighted by Gasteiger charge is 2.53. The van der Waals surface area contributed by atoms with Gasteiger partial charge in [0, 0.05) is 27.7 Å². The molecule has 1 saturated heterocycles. The number of ether oxygens (including phenoxy) is 5. The molecule has 2 rings (SSSR count). The van der Waals surface area contributed by atoms with Gasteiger partial charge >= 0.3 is 23.9 Å². The van der Waals surface area contributed by atoms with E-state index in [-0.39, 0.29) is 27.1 Å². The van der Waals surface area contributed by atoms with Crippen LogP contribution in [0.4, 0.5) is 5.82 Å². The van der Waals surface area contributed by atoms with Gasteiger partial charge < -0.3 is 29.4 Å². The van der Waals surface area contributed by atoms with Crippen LogP contribution >= 0.6 is 12.2 Å². The van der Waals surface area contributed by atoms with Gasteiger partial charge in [0.25, 0.3) is 0 Å². The van der Waals surface area contributed by atoms with E-state index in [1.165, 1.54) is 6.92 Å². The maximum absolute atomic E-state index is 12.0. The van der Waals surface area contributed by atoms with Gasteiger partial charge in [-0.15, -0.1) is 0 Å². The molecule has 1 aromatic rings. The molecule has 2 heterocycles. The van der Waals surface area contributed by atoms with Crippen LogP contribution in [-0.4, -0.2) is 59.5 Å². The summed E-state index contributed by atoms with van der Waals surface area (Å²) in [5.41, 5.74) is 6.31. The van der Waals surface area contributed by atoms with Crippen molar-refractivity contribution in [1.82, 2.24) is 4.57 Å². The molecule has 0 aliphatic carbocycles. The number of aromatic nitrogens is 1. The predicted octanol–water partition coefficient (Wildman–Crippen LogP) is 1.11. The van der Waals surface area contributed by atoms with Crippen molar-refractivity contribution in [3.8, 4) is 12.1 Å². The number of esters is 4. The van der Waals surface area contributed by atoms with E-state index >= 15 is 0 Å². The molecule has 0 bridgehead atoms. The Bertz CT molecular complexity index is 1230. The summed E-state index contributed by atoms with van der Waals surface area (Å²) in [6.45, 7) is 5.40. The second-order valence-corrected chi connectivity index (χ2v) is 8.14. The van der Waals surface area contributed by atoms with Crippen LogP contribution in [-0.2, 0) is 42.9 Å². The Morgan fingerprint density at radius 1 is 0.917 bits per heavy atom. The normalized spacial score (nSPS) is 22.9. The smallest absolute Gasteiger partial charge is 0.303 e. The fourth-order valence-corrected chi connectivity index (χ4v) is 4.17.